The molecule has 112 valence electrons. The SMILES string of the molecule is Cc1ccc(C)c(COc2ccc(F)cc2CC(C)N)c1. The number of hydrogen-bond acceptors (Lipinski definition) is 2. The normalized spacial score (nSPS) is 12.2. The van der Waals surface area contributed by atoms with Crippen LogP contribution in [-0.2, 0) is 13.0 Å². The van der Waals surface area contributed by atoms with Crippen LogP contribution >= 0.6 is 0 Å². The predicted molar refractivity (Wildman–Crippen MR) is 84.0 cm³/mol. The number of nitrogens with two attached hydrogens (primary N) is 1. The van der Waals surface area contributed by atoms with Crippen LogP contribution < -0.4 is 10.5 Å². The largest absolute Gasteiger partial charge is 0.489 e. The maximum atomic E-state index is 13.4. The van der Waals surface area contributed by atoms with Crippen LogP contribution in [0, 0.1) is 19.7 Å². The number of halogens is 1. The Morgan fingerprint density at radius 1 is 1.10 bits per heavy atom. The molecule has 0 saturated heterocycles. The Morgan fingerprint density at radius 2 is 1.86 bits per heavy atom. The van der Waals surface area contributed by atoms with Crippen LogP contribution in [0.5, 0.6) is 5.75 Å². The third kappa shape index (κ3) is 4.30. The van der Waals surface area contributed by atoms with Gasteiger partial charge >= 0.3 is 0 Å². The lowest BCUT2D eigenvalue weighted by Gasteiger charge is -2.14. The molecule has 0 spiro atoms. The Balaban J connectivity index is 2.17. The minimum Gasteiger partial charge on any atom is -0.489 e. The zero-order valence-electron chi connectivity index (χ0n) is 12.8. The Bertz CT molecular complexity index is 623. The first-order valence-corrected chi connectivity index (χ1v) is 7.18. The second kappa shape index (κ2) is 6.72. The minimum absolute atomic E-state index is 0.0325. The van der Waals surface area contributed by atoms with Gasteiger partial charge in [0.15, 0.2) is 0 Å². The summed E-state index contributed by atoms with van der Waals surface area (Å²) in [7, 11) is 0. The van der Waals surface area contributed by atoms with E-state index in [-0.39, 0.29) is 11.9 Å². The smallest absolute Gasteiger partial charge is 0.123 e. The van der Waals surface area contributed by atoms with Crippen molar-refractivity contribution in [3.8, 4) is 5.75 Å². The molecule has 2 aromatic rings. The number of rotatable bonds is 5. The van der Waals surface area contributed by atoms with Gasteiger partial charge in [0, 0.05) is 6.04 Å². The monoisotopic (exact) mass is 287 g/mol. The van der Waals surface area contributed by atoms with Gasteiger partial charge in [0.05, 0.1) is 0 Å². The van der Waals surface area contributed by atoms with Crippen molar-refractivity contribution in [1.29, 1.82) is 0 Å². The molecule has 0 bridgehead atoms. The third-order valence-corrected chi connectivity index (χ3v) is 3.45. The minimum atomic E-state index is -0.260. The van der Waals surface area contributed by atoms with E-state index in [1.165, 1.54) is 23.3 Å². The fourth-order valence-electron chi connectivity index (χ4n) is 2.31. The lowest BCUT2D eigenvalue weighted by atomic mass is 10.1. The van der Waals surface area contributed by atoms with Gasteiger partial charge < -0.3 is 10.5 Å². The molecule has 0 radical (unpaired) electrons. The quantitative estimate of drug-likeness (QED) is 0.905. The van der Waals surface area contributed by atoms with Gasteiger partial charge in [0.25, 0.3) is 0 Å². The molecule has 2 aromatic carbocycles. The fraction of sp³-hybridized carbons (Fsp3) is 0.333. The van der Waals surface area contributed by atoms with Gasteiger partial charge in [-0.05, 0) is 62.1 Å². The summed E-state index contributed by atoms with van der Waals surface area (Å²) in [5.74, 6) is 0.444. The van der Waals surface area contributed by atoms with E-state index in [0.29, 0.717) is 18.8 Å². The first kappa shape index (κ1) is 15.5. The van der Waals surface area contributed by atoms with E-state index in [2.05, 4.69) is 32.0 Å². The molecule has 1 unspecified atom stereocenters. The molecule has 1 atom stereocenters. The van der Waals surface area contributed by atoms with Crippen LogP contribution in [0.4, 0.5) is 4.39 Å². The summed E-state index contributed by atoms with van der Waals surface area (Å²) >= 11 is 0. The van der Waals surface area contributed by atoms with Crippen molar-refractivity contribution in [2.24, 2.45) is 5.73 Å². The van der Waals surface area contributed by atoms with E-state index in [1.54, 1.807) is 6.07 Å². The van der Waals surface area contributed by atoms with Gasteiger partial charge in [-0.1, -0.05) is 23.8 Å². The summed E-state index contributed by atoms with van der Waals surface area (Å²) < 4.78 is 19.3. The highest BCUT2D eigenvalue weighted by atomic mass is 19.1. The summed E-state index contributed by atoms with van der Waals surface area (Å²) in [6, 6.07) is 10.8. The maximum absolute atomic E-state index is 13.4. The highest BCUT2D eigenvalue weighted by Gasteiger charge is 2.09. The maximum Gasteiger partial charge on any atom is 0.123 e. The summed E-state index contributed by atoms with van der Waals surface area (Å²) in [4.78, 5) is 0. The molecule has 3 heteroatoms. The Hall–Kier alpha value is -1.87. The molecule has 0 heterocycles. The number of hydrogen-bond donors (Lipinski definition) is 1. The summed E-state index contributed by atoms with van der Waals surface area (Å²) in [5, 5.41) is 0. The van der Waals surface area contributed by atoms with E-state index in [0.717, 1.165) is 11.1 Å². The molecule has 2 N–H and O–H groups in total. The second-order valence-electron chi connectivity index (χ2n) is 5.65. The average molecular weight is 287 g/mol. The van der Waals surface area contributed by atoms with E-state index in [4.69, 9.17) is 10.5 Å². The van der Waals surface area contributed by atoms with E-state index in [1.807, 2.05) is 6.92 Å². The summed E-state index contributed by atoms with van der Waals surface area (Å²) in [6.07, 6.45) is 0.597. The first-order chi connectivity index (χ1) is 9.95. The summed E-state index contributed by atoms with van der Waals surface area (Å²) in [5.41, 5.74) is 10.2. The molecular formula is C18H22FNO. The molecule has 0 aliphatic heterocycles. The molecule has 0 fully saturated rings. The molecule has 0 aliphatic carbocycles. The zero-order valence-corrected chi connectivity index (χ0v) is 12.8. The van der Waals surface area contributed by atoms with E-state index in [9.17, 15) is 4.39 Å². The fourth-order valence-corrected chi connectivity index (χ4v) is 2.31. The molecule has 2 rings (SSSR count). The standard InChI is InChI=1S/C18H22FNO/c1-12-4-5-13(2)16(8-12)11-21-18-7-6-17(19)10-15(18)9-14(3)20/h4-8,10,14H,9,11,20H2,1-3H3. The average Bonchev–Trinajstić information content (AvgIpc) is 2.41. The van der Waals surface area contributed by atoms with Crippen molar-refractivity contribution in [2.75, 3.05) is 0 Å². The lowest BCUT2D eigenvalue weighted by molar-refractivity contribution is 0.301. The van der Waals surface area contributed by atoms with Crippen molar-refractivity contribution in [3.05, 3.63) is 64.5 Å². The van der Waals surface area contributed by atoms with Gasteiger partial charge in [-0.2, -0.15) is 0 Å². The Kier molecular flexibility index (Phi) is 4.97. The number of aryl methyl sites for hydroxylation is 2. The van der Waals surface area contributed by atoms with Crippen molar-refractivity contribution < 1.29 is 9.13 Å². The van der Waals surface area contributed by atoms with Gasteiger partial charge in [0.1, 0.15) is 18.2 Å². The van der Waals surface area contributed by atoms with Gasteiger partial charge in [0.2, 0.25) is 0 Å². The molecule has 0 saturated carbocycles. The van der Waals surface area contributed by atoms with Crippen molar-refractivity contribution >= 4 is 0 Å². The van der Waals surface area contributed by atoms with Gasteiger partial charge in [-0.25, -0.2) is 4.39 Å². The molecule has 21 heavy (non-hydrogen) atoms. The Morgan fingerprint density at radius 3 is 2.57 bits per heavy atom. The Labute approximate surface area is 125 Å². The van der Waals surface area contributed by atoms with Gasteiger partial charge in [-0.15, -0.1) is 0 Å². The van der Waals surface area contributed by atoms with Gasteiger partial charge in [-0.3, -0.25) is 0 Å². The van der Waals surface area contributed by atoms with Crippen molar-refractivity contribution in [3.63, 3.8) is 0 Å². The highest BCUT2D eigenvalue weighted by molar-refractivity contribution is 5.36. The van der Waals surface area contributed by atoms with Crippen LogP contribution in [0.15, 0.2) is 36.4 Å². The highest BCUT2D eigenvalue weighted by Crippen LogP contribution is 2.23. The number of ether oxygens (including phenoxy) is 1. The van der Waals surface area contributed by atoms with Crippen molar-refractivity contribution in [2.45, 2.75) is 39.8 Å². The zero-order chi connectivity index (χ0) is 15.4. The topological polar surface area (TPSA) is 35.2 Å². The molecule has 0 aliphatic rings. The van der Waals surface area contributed by atoms with Crippen LogP contribution in [0.3, 0.4) is 0 Å². The van der Waals surface area contributed by atoms with Crippen LogP contribution in [-0.4, -0.2) is 6.04 Å². The van der Waals surface area contributed by atoms with E-state index >= 15 is 0 Å². The van der Waals surface area contributed by atoms with Crippen LogP contribution in [0.25, 0.3) is 0 Å². The summed E-state index contributed by atoms with van der Waals surface area (Å²) in [6.45, 7) is 6.50. The molecular weight excluding hydrogens is 265 g/mol. The van der Waals surface area contributed by atoms with Crippen LogP contribution in [0.1, 0.15) is 29.2 Å². The predicted octanol–water partition coefficient (Wildman–Crippen LogP) is 3.91. The number of benzene rings is 2. The van der Waals surface area contributed by atoms with Crippen LogP contribution in [0.2, 0.25) is 0 Å². The van der Waals surface area contributed by atoms with E-state index < -0.39 is 0 Å². The molecule has 0 aromatic heterocycles. The third-order valence-electron chi connectivity index (χ3n) is 3.45. The lowest BCUT2D eigenvalue weighted by Crippen LogP contribution is -2.18. The second-order valence-corrected chi connectivity index (χ2v) is 5.65. The molecule has 0 amide bonds. The molecule has 2 nitrogen and oxygen atoms in total. The van der Waals surface area contributed by atoms with Crippen molar-refractivity contribution in [1.82, 2.24) is 0 Å². The first-order valence-electron chi connectivity index (χ1n) is 7.18.